The Morgan fingerprint density at radius 2 is 2.00 bits per heavy atom. The molecule has 0 radical (unpaired) electrons. The second-order valence-corrected chi connectivity index (χ2v) is 2.39. The summed E-state index contributed by atoms with van der Waals surface area (Å²) >= 11 is 0. The van der Waals surface area contributed by atoms with Crippen molar-refractivity contribution in [1.82, 2.24) is 0 Å². The number of hydrogen-bond donors (Lipinski definition) is 2. The lowest BCUT2D eigenvalue weighted by Crippen LogP contribution is -2.24. The van der Waals surface area contributed by atoms with Gasteiger partial charge in [-0.3, -0.25) is 4.79 Å². The number of guanidine groups is 1. The molecule has 0 unspecified atom stereocenters. The molecule has 4 nitrogen and oxygen atoms in total. The fourth-order valence-electron chi connectivity index (χ4n) is 0.726. The number of rotatable bonds is 4. The van der Waals surface area contributed by atoms with Crippen LogP contribution in [-0.4, -0.2) is 11.9 Å². The molecule has 64 valence electrons. The highest BCUT2D eigenvalue weighted by atomic mass is 16.1. The largest absolute Gasteiger partial charge is 0.370 e. The van der Waals surface area contributed by atoms with Crippen molar-refractivity contribution in [2.45, 2.75) is 32.6 Å². The standard InChI is InChI=1S/C7H15N3O/c1-2-3-4-5-6(11)10-7(8)9/h2-5H2,1H3,(H4,8,9,10,11). The van der Waals surface area contributed by atoms with E-state index in [1.807, 2.05) is 0 Å². The molecule has 0 fully saturated rings. The average molecular weight is 157 g/mol. The van der Waals surface area contributed by atoms with Gasteiger partial charge in [0.1, 0.15) is 0 Å². The SMILES string of the molecule is CCCCCC(=O)N=C(N)N. The van der Waals surface area contributed by atoms with Crippen LogP contribution in [0.3, 0.4) is 0 Å². The van der Waals surface area contributed by atoms with Crippen molar-refractivity contribution in [3.05, 3.63) is 0 Å². The molecule has 4 heteroatoms. The fourth-order valence-corrected chi connectivity index (χ4v) is 0.726. The first kappa shape index (κ1) is 9.94. The Kier molecular flexibility index (Phi) is 5.15. The summed E-state index contributed by atoms with van der Waals surface area (Å²) in [6.45, 7) is 2.07. The van der Waals surface area contributed by atoms with Gasteiger partial charge in [-0.05, 0) is 6.42 Å². The molecule has 0 saturated heterocycles. The molecule has 0 bridgehead atoms. The van der Waals surface area contributed by atoms with Crippen LogP contribution >= 0.6 is 0 Å². The molecule has 0 aromatic carbocycles. The van der Waals surface area contributed by atoms with E-state index < -0.39 is 0 Å². The van der Waals surface area contributed by atoms with Crippen LogP contribution in [0.15, 0.2) is 4.99 Å². The van der Waals surface area contributed by atoms with E-state index in [1.165, 1.54) is 0 Å². The quantitative estimate of drug-likeness (QED) is 0.351. The maximum atomic E-state index is 10.8. The Morgan fingerprint density at radius 1 is 1.36 bits per heavy atom. The number of carbonyl (C=O) groups excluding carboxylic acids is 1. The number of nitrogens with zero attached hydrogens (tertiary/aromatic N) is 1. The van der Waals surface area contributed by atoms with Crippen molar-refractivity contribution < 1.29 is 4.79 Å². The first-order chi connectivity index (χ1) is 5.16. The maximum Gasteiger partial charge on any atom is 0.248 e. The van der Waals surface area contributed by atoms with Crippen LogP contribution in [0.2, 0.25) is 0 Å². The Balaban J connectivity index is 3.46. The van der Waals surface area contributed by atoms with E-state index in [9.17, 15) is 4.79 Å². The van der Waals surface area contributed by atoms with E-state index in [0.717, 1.165) is 19.3 Å². The van der Waals surface area contributed by atoms with Crippen molar-refractivity contribution in [2.24, 2.45) is 16.5 Å². The molecule has 4 N–H and O–H groups in total. The molecule has 0 aliphatic rings. The number of nitrogens with two attached hydrogens (primary N) is 2. The smallest absolute Gasteiger partial charge is 0.248 e. The first-order valence-corrected chi connectivity index (χ1v) is 3.79. The lowest BCUT2D eigenvalue weighted by molar-refractivity contribution is -0.117. The Labute approximate surface area is 66.7 Å². The van der Waals surface area contributed by atoms with E-state index in [1.54, 1.807) is 0 Å². The highest BCUT2D eigenvalue weighted by Gasteiger charge is 1.97. The van der Waals surface area contributed by atoms with Gasteiger partial charge in [0.15, 0.2) is 5.96 Å². The second kappa shape index (κ2) is 5.70. The zero-order valence-corrected chi connectivity index (χ0v) is 6.84. The minimum atomic E-state index is -0.224. The Bertz CT molecular complexity index is 150. The summed E-state index contributed by atoms with van der Waals surface area (Å²) in [6, 6.07) is 0. The summed E-state index contributed by atoms with van der Waals surface area (Å²) in [7, 11) is 0. The number of unbranched alkanes of at least 4 members (excludes halogenated alkanes) is 2. The fraction of sp³-hybridized carbons (Fsp3) is 0.714. The Morgan fingerprint density at radius 3 is 2.45 bits per heavy atom. The van der Waals surface area contributed by atoms with Gasteiger partial charge in [-0.2, -0.15) is 4.99 Å². The lowest BCUT2D eigenvalue weighted by atomic mass is 10.2. The normalized spacial score (nSPS) is 9.18. The third kappa shape index (κ3) is 6.83. The van der Waals surface area contributed by atoms with Crippen LogP contribution < -0.4 is 11.5 Å². The molecule has 0 aliphatic heterocycles. The van der Waals surface area contributed by atoms with Crippen molar-refractivity contribution >= 4 is 11.9 Å². The summed E-state index contributed by atoms with van der Waals surface area (Å²) in [5.74, 6) is -0.370. The highest BCUT2D eigenvalue weighted by Crippen LogP contribution is 1.99. The second-order valence-electron chi connectivity index (χ2n) is 2.39. The molecule has 0 rings (SSSR count). The van der Waals surface area contributed by atoms with E-state index in [0.29, 0.717) is 6.42 Å². The average Bonchev–Trinajstić information content (AvgIpc) is 1.86. The van der Waals surface area contributed by atoms with Crippen molar-refractivity contribution in [3.63, 3.8) is 0 Å². The van der Waals surface area contributed by atoms with Crippen molar-refractivity contribution in [2.75, 3.05) is 0 Å². The molecule has 1 amide bonds. The van der Waals surface area contributed by atoms with Gasteiger partial charge in [0, 0.05) is 6.42 Å². The van der Waals surface area contributed by atoms with Crippen LogP contribution in [0.4, 0.5) is 0 Å². The number of amides is 1. The van der Waals surface area contributed by atoms with E-state index in [4.69, 9.17) is 11.5 Å². The first-order valence-electron chi connectivity index (χ1n) is 3.79. The summed E-state index contributed by atoms with van der Waals surface area (Å²) < 4.78 is 0. The van der Waals surface area contributed by atoms with E-state index in [2.05, 4.69) is 11.9 Å². The summed E-state index contributed by atoms with van der Waals surface area (Å²) in [5.41, 5.74) is 10.0. The monoisotopic (exact) mass is 157 g/mol. The predicted molar refractivity (Wildman–Crippen MR) is 45.0 cm³/mol. The van der Waals surface area contributed by atoms with Crippen LogP contribution in [0.1, 0.15) is 32.6 Å². The van der Waals surface area contributed by atoms with Crippen LogP contribution in [-0.2, 0) is 4.79 Å². The predicted octanol–water partition coefficient (Wildman–Crippen LogP) is 0.367. The van der Waals surface area contributed by atoms with Crippen LogP contribution in [0.25, 0.3) is 0 Å². The minimum Gasteiger partial charge on any atom is -0.370 e. The molecule has 0 heterocycles. The number of carbonyl (C=O) groups is 1. The zero-order chi connectivity index (χ0) is 8.69. The molecule has 0 atom stereocenters. The highest BCUT2D eigenvalue weighted by molar-refractivity contribution is 5.91. The minimum absolute atomic E-state index is 0.147. The summed E-state index contributed by atoms with van der Waals surface area (Å²) in [5, 5.41) is 0. The molecule has 0 saturated carbocycles. The molecule has 0 aromatic rings. The number of aliphatic imine (C=N–C) groups is 1. The third-order valence-corrected chi connectivity index (χ3v) is 1.25. The third-order valence-electron chi connectivity index (χ3n) is 1.25. The van der Waals surface area contributed by atoms with Gasteiger partial charge in [-0.15, -0.1) is 0 Å². The van der Waals surface area contributed by atoms with Gasteiger partial charge in [0.05, 0.1) is 0 Å². The van der Waals surface area contributed by atoms with Crippen molar-refractivity contribution in [3.8, 4) is 0 Å². The van der Waals surface area contributed by atoms with Gasteiger partial charge in [-0.25, -0.2) is 0 Å². The van der Waals surface area contributed by atoms with Gasteiger partial charge in [-0.1, -0.05) is 19.8 Å². The van der Waals surface area contributed by atoms with E-state index >= 15 is 0 Å². The van der Waals surface area contributed by atoms with Gasteiger partial charge in [0.2, 0.25) is 5.91 Å². The molecular weight excluding hydrogens is 142 g/mol. The van der Waals surface area contributed by atoms with Crippen LogP contribution in [0, 0.1) is 0 Å². The molecule has 11 heavy (non-hydrogen) atoms. The molecule has 0 spiro atoms. The lowest BCUT2D eigenvalue weighted by Gasteiger charge is -1.93. The zero-order valence-electron chi connectivity index (χ0n) is 6.84. The van der Waals surface area contributed by atoms with E-state index in [-0.39, 0.29) is 11.9 Å². The molecule has 0 aliphatic carbocycles. The van der Waals surface area contributed by atoms with Gasteiger partial charge < -0.3 is 11.5 Å². The topological polar surface area (TPSA) is 81.5 Å². The van der Waals surface area contributed by atoms with Gasteiger partial charge in [0.25, 0.3) is 0 Å². The Hall–Kier alpha value is -1.06. The summed E-state index contributed by atoms with van der Waals surface area (Å²) in [6.07, 6.45) is 3.46. The molecule has 0 aromatic heterocycles. The number of hydrogen-bond acceptors (Lipinski definition) is 1. The van der Waals surface area contributed by atoms with Gasteiger partial charge >= 0.3 is 0 Å². The summed E-state index contributed by atoms with van der Waals surface area (Å²) in [4.78, 5) is 14.2. The maximum absolute atomic E-state index is 10.8. The molecular formula is C7H15N3O. The van der Waals surface area contributed by atoms with Crippen molar-refractivity contribution in [1.29, 1.82) is 0 Å². The van der Waals surface area contributed by atoms with Crippen LogP contribution in [0.5, 0.6) is 0 Å².